The maximum atomic E-state index is 14.9. The van der Waals surface area contributed by atoms with E-state index in [2.05, 4.69) is 25.1 Å². The zero-order valence-corrected chi connectivity index (χ0v) is 17.1. The summed E-state index contributed by atoms with van der Waals surface area (Å²) < 4.78 is 39.7. The second-order valence-electron chi connectivity index (χ2n) is 7.86. The van der Waals surface area contributed by atoms with Gasteiger partial charge in [0.1, 0.15) is 12.3 Å². The van der Waals surface area contributed by atoms with Crippen LogP contribution in [0, 0.1) is 5.82 Å². The Labute approximate surface area is 175 Å². The normalized spacial score (nSPS) is 19.5. The van der Waals surface area contributed by atoms with E-state index in [0.29, 0.717) is 25.9 Å². The van der Waals surface area contributed by atoms with Gasteiger partial charge >= 0.3 is 0 Å². The molecule has 1 N–H and O–H groups in total. The predicted octanol–water partition coefficient (Wildman–Crippen LogP) is 3.01. The molecule has 7 nitrogen and oxygen atoms in total. The summed E-state index contributed by atoms with van der Waals surface area (Å²) in [4.78, 5) is 12.4. The first-order chi connectivity index (χ1) is 14.5. The van der Waals surface area contributed by atoms with Crippen LogP contribution in [0.25, 0.3) is 0 Å². The van der Waals surface area contributed by atoms with E-state index in [1.54, 1.807) is 0 Å². The van der Waals surface area contributed by atoms with E-state index >= 15 is 0 Å². The van der Waals surface area contributed by atoms with Crippen molar-refractivity contribution < 1.29 is 18.3 Å². The molecule has 0 saturated carbocycles. The summed E-state index contributed by atoms with van der Waals surface area (Å²) in [5.74, 6) is -0.755. The summed E-state index contributed by atoms with van der Waals surface area (Å²) in [6.45, 7) is 4.26. The SMILES string of the molecule is CN1CCC(F)(COc2nc(Nc3ccc(N4CCOCC4)cc3)ncc2F)CC1. The van der Waals surface area contributed by atoms with Crippen LogP contribution in [0.1, 0.15) is 12.8 Å². The number of ether oxygens (including phenoxy) is 2. The summed E-state index contributed by atoms with van der Waals surface area (Å²) in [6.07, 6.45) is 1.75. The Morgan fingerprint density at radius 1 is 1.13 bits per heavy atom. The molecule has 2 fully saturated rings. The summed E-state index contributed by atoms with van der Waals surface area (Å²) in [6, 6.07) is 7.82. The van der Waals surface area contributed by atoms with Crippen LogP contribution in [0.5, 0.6) is 5.88 Å². The molecular formula is C21H27F2N5O2. The van der Waals surface area contributed by atoms with Crippen LogP contribution in [-0.4, -0.2) is 73.6 Å². The Kier molecular flexibility index (Phi) is 6.29. The standard InChI is InChI=1S/C21H27F2N5O2/c1-27-8-6-21(23,7-9-27)15-30-19-18(22)14-24-20(26-19)25-16-2-4-17(5-3-16)28-10-12-29-13-11-28/h2-5,14H,6-13,15H2,1H3,(H,24,25,26). The van der Waals surface area contributed by atoms with Gasteiger partial charge in [0.05, 0.1) is 19.4 Å². The van der Waals surface area contributed by atoms with Crippen LogP contribution in [0.4, 0.5) is 26.1 Å². The van der Waals surface area contributed by atoms with Crippen molar-refractivity contribution in [2.24, 2.45) is 0 Å². The number of aromatic nitrogens is 2. The average molecular weight is 419 g/mol. The molecule has 1 aromatic carbocycles. The second kappa shape index (κ2) is 9.09. The number of morpholine rings is 1. The molecule has 3 heterocycles. The molecule has 9 heteroatoms. The second-order valence-corrected chi connectivity index (χ2v) is 7.86. The van der Waals surface area contributed by atoms with E-state index in [1.807, 2.05) is 31.3 Å². The molecule has 2 aromatic rings. The first kappa shape index (κ1) is 20.7. The van der Waals surface area contributed by atoms with Crippen molar-refractivity contribution in [3.8, 4) is 5.88 Å². The van der Waals surface area contributed by atoms with Crippen molar-refractivity contribution in [2.45, 2.75) is 18.5 Å². The molecule has 0 aliphatic carbocycles. The van der Waals surface area contributed by atoms with Crippen molar-refractivity contribution in [3.63, 3.8) is 0 Å². The van der Waals surface area contributed by atoms with E-state index in [4.69, 9.17) is 9.47 Å². The van der Waals surface area contributed by atoms with Crippen molar-refractivity contribution in [3.05, 3.63) is 36.3 Å². The zero-order chi connectivity index (χ0) is 21.0. The van der Waals surface area contributed by atoms with Gasteiger partial charge in [-0.15, -0.1) is 0 Å². The van der Waals surface area contributed by atoms with Crippen LogP contribution < -0.4 is 15.0 Å². The number of halogens is 2. The lowest BCUT2D eigenvalue weighted by molar-refractivity contribution is 0.0217. The highest BCUT2D eigenvalue weighted by molar-refractivity contribution is 5.59. The van der Waals surface area contributed by atoms with Gasteiger partial charge in [-0.25, -0.2) is 9.37 Å². The predicted molar refractivity (Wildman–Crippen MR) is 111 cm³/mol. The van der Waals surface area contributed by atoms with Gasteiger partial charge in [0.2, 0.25) is 11.8 Å². The number of nitrogens with zero attached hydrogens (tertiary/aromatic N) is 4. The molecule has 2 aliphatic heterocycles. The van der Waals surface area contributed by atoms with E-state index < -0.39 is 11.5 Å². The van der Waals surface area contributed by atoms with Crippen LogP contribution in [0.2, 0.25) is 0 Å². The van der Waals surface area contributed by atoms with Gasteiger partial charge in [-0.05, 0) is 44.2 Å². The van der Waals surface area contributed by atoms with Gasteiger partial charge < -0.3 is 24.6 Å². The van der Waals surface area contributed by atoms with Crippen LogP contribution >= 0.6 is 0 Å². The lowest BCUT2D eigenvalue weighted by Crippen LogP contribution is -2.43. The Morgan fingerprint density at radius 3 is 2.53 bits per heavy atom. The van der Waals surface area contributed by atoms with Gasteiger partial charge in [-0.3, -0.25) is 0 Å². The quantitative estimate of drug-likeness (QED) is 0.772. The van der Waals surface area contributed by atoms with Crippen molar-refractivity contribution in [1.29, 1.82) is 0 Å². The molecule has 2 aliphatic rings. The molecule has 1 aromatic heterocycles. The number of likely N-dealkylation sites (tertiary alicyclic amines) is 1. The highest BCUT2D eigenvalue weighted by atomic mass is 19.1. The maximum absolute atomic E-state index is 14.9. The molecule has 2 saturated heterocycles. The third-order valence-electron chi connectivity index (χ3n) is 5.56. The molecular weight excluding hydrogens is 392 g/mol. The number of benzene rings is 1. The van der Waals surface area contributed by atoms with E-state index in [-0.39, 0.29) is 18.4 Å². The summed E-state index contributed by atoms with van der Waals surface area (Å²) in [5.41, 5.74) is 0.411. The fraction of sp³-hybridized carbons (Fsp3) is 0.524. The summed E-state index contributed by atoms with van der Waals surface area (Å²) in [7, 11) is 1.95. The van der Waals surface area contributed by atoms with E-state index in [9.17, 15) is 8.78 Å². The first-order valence-corrected chi connectivity index (χ1v) is 10.2. The van der Waals surface area contributed by atoms with Crippen LogP contribution in [-0.2, 0) is 4.74 Å². The fourth-order valence-corrected chi connectivity index (χ4v) is 3.58. The molecule has 0 spiro atoms. The molecule has 162 valence electrons. The van der Waals surface area contributed by atoms with Crippen LogP contribution in [0.3, 0.4) is 0 Å². The summed E-state index contributed by atoms with van der Waals surface area (Å²) >= 11 is 0. The van der Waals surface area contributed by atoms with Gasteiger partial charge in [0, 0.05) is 37.6 Å². The lowest BCUT2D eigenvalue weighted by atomic mass is 9.95. The van der Waals surface area contributed by atoms with E-state index in [1.165, 1.54) is 0 Å². The van der Waals surface area contributed by atoms with Gasteiger partial charge in [0.25, 0.3) is 5.88 Å². The van der Waals surface area contributed by atoms with E-state index in [0.717, 1.165) is 43.9 Å². The molecule has 4 rings (SSSR count). The number of rotatable bonds is 6. The minimum atomic E-state index is -1.47. The van der Waals surface area contributed by atoms with Gasteiger partial charge in [0.15, 0.2) is 0 Å². The van der Waals surface area contributed by atoms with Crippen LogP contribution in [0.15, 0.2) is 30.5 Å². The van der Waals surface area contributed by atoms with Crippen molar-refractivity contribution in [1.82, 2.24) is 14.9 Å². The number of piperidine rings is 1. The third kappa shape index (κ3) is 5.14. The average Bonchev–Trinajstić information content (AvgIpc) is 2.78. The Bertz CT molecular complexity index is 838. The van der Waals surface area contributed by atoms with Crippen molar-refractivity contribution in [2.75, 3.05) is 63.3 Å². The largest absolute Gasteiger partial charge is 0.472 e. The Balaban J connectivity index is 1.38. The lowest BCUT2D eigenvalue weighted by Gasteiger charge is -2.33. The number of hydrogen-bond donors (Lipinski definition) is 1. The molecule has 0 bridgehead atoms. The highest BCUT2D eigenvalue weighted by Gasteiger charge is 2.35. The minimum absolute atomic E-state index is 0.196. The number of hydrogen-bond acceptors (Lipinski definition) is 7. The molecule has 0 radical (unpaired) electrons. The summed E-state index contributed by atoms with van der Waals surface area (Å²) in [5, 5.41) is 3.04. The third-order valence-corrected chi connectivity index (χ3v) is 5.56. The fourth-order valence-electron chi connectivity index (χ4n) is 3.58. The number of alkyl halides is 1. The number of nitrogens with one attached hydrogen (secondary N) is 1. The molecule has 0 atom stereocenters. The van der Waals surface area contributed by atoms with Gasteiger partial charge in [-0.2, -0.15) is 9.37 Å². The van der Waals surface area contributed by atoms with Crippen molar-refractivity contribution >= 4 is 17.3 Å². The smallest absolute Gasteiger partial charge is 0.255 e. The highest BCUT2D eigenvalue weighted by Crippen LogP contribution is 2.28. The Morgan fingerprint density at radius 2 is 1.83 bits per heavy atom. The number of anilines is 3. The zero-order valence-electron chi connectivity index (χ0n) is 17.1. The topological polar surface area (TPSA) is 62.8 Å². The van der Waals surface area contributed by atoms with Gasteiger partial charge in [-0.1, -0.05) is 0 Å². The Hall–Kier alpha value is -2.52. The monoisotopic (exact) mass is 419 g/mol. The minimum Gasteiger partial charge on any atom is -0.472 e. The molecule has 30 heavy (non-hydrogen) atoms. The first-order valence-electron chi connectivity index (χ1n) is 10.2. The maximum Gasteiger partial charge on any atom is 0.255 e. The molecule has 0 unspecified atom stereocenters. The molecule has 0 amide bonds.